The number of amides is 1. The highest BCUT2D eigenvalue weighted by Crippen LogP contribution is 2.21. The molecule has 0 bridgehead atoms. The number of esters is 1. The van der Waals surface area contributed by atoms with E-state index in [1.54, 1.807) is 11.3 Å². The molecule has 0 saturated carbocycles. The fraction of sp³-hybridized carbons (Fsp3) is 0.500. The van der Waals surface area contributed by atoms with Crippen molar-refractivity contribution in [2.45, 2.75) is 32.7 Å². The Kier molecular flexibility index (Phi) is 5.56. The van der Waals surface area contributed by atoms with Crippen LogP contribution in [-0.2, 0) is 14.3 Å². The van der Waals surface area contributed by atoms with Gasteiger partial charge in [-0.15, -0.1) is 11.3 Å². The molecule has 0 aromatic carbocycles. The number of nitrogens with one attached hydrogen (secondary N) is 1. The zero-order valence-electron chi connectivity index (χ0n) is 12.4. The average molecular weight is 307 g/mol. The van der Waals surface area contributed by atoms with Gasteiger partial charge >= 0.3 is 5.97 Å². The molecule has 3 atom stereocenters. The Balaban J connectivity index is 2.16. The molecule has 0 fully saturated rings. The monoisotopic (exact) mass is 307 g/mol. The van der Waals surface area contributed by atoms with E-state index >= 15 is 0 Å². The van der Waals surface area contributed by atoms with E-state index in [2.05, 4.69) is 5.32 Å². The minimum absolute atomic E-state index is 0.0114. The van der Waals surface area contributed by atoms with Gasteiger partial charge in [0.2, 0.25) is 5.91 Å². The molecule has 21 heavy (non-hydrogen) atoms. The summed E-state index contributed by atoms with van der Waals surface area (Å²) >= 11 is 1.55. The molecule has 2 heterocycles. The molecule has 0 aliphatic carbocycles. The second kappa shape index (κ2) is 7.41. The predicted octanol–water partition coefficient (Wildman–Crippen LogP) is 3.07. The van der Waals surface area contributed by atoms with Gasteiger partial charge in [0, 0.05) is 10.8 Å². The number of ether oxygens (including phenoxy) is 1. The SMILES string of the molecule is C[C@@H]1C/C=C/C[C@H](C)C(=O)N[C@H](c2cccs2)COC1=O. The Labute approximate surface area is 129 Å². The van der Waals surface area contributed by atoms with Crippen LogP contribution in [0.1, 0.15) is 37.6 Å². The summed E-state index contributed by atoms with van der Waals surface area (Å²) in [5.41, 5.74) is 0. The van der Waals surface area contributed by atoms with E-state index in [0.717, 1.165) is 4.88 Å². The van der Waals surface area contributed by atoms with Gasteiger partial charge in [-0.05, 0) is 24.3 Å². The third-order valence-electron chi connectivity index (χ3n) is 3.59. The molecule has 1 aliphatic heterocycles. The third-order valence-corrected chi connectivity index (χ3v) is 4.58. The van der Waals surface area contributed by atoms with Crippen LogP contribution in [0.25, 0.3) is 0 Å². The zero-order chi connectivity index (χ0) is 15.2. The first kappa shape index (κ1) is 15.8. The normalized spacial score (nSPS) is 29.7. The van der Waals surface area contributed by atoms with Gasteiger partial charge in [0.15, 0.2) is 0 Å². The lowest BCUT2D eigenvalue weighted by atomic mass is 10.0. The Morgan fingerprint density at radius 1 is 1.19 bits per heavy atom. The molecular weight excluding hydrogens is 286 g/mol. The number of rotatable bonds is 1. The molecule has 0 radical (unpaired) electrons. The van der Waals surface area contributed by atoms with Gasteiger partial charge in [-0.2, -0.15) is 0 Å². The molecule has 0 unspecified atom stereocenters. The molecule has 114 valence electrons. The minimum atomic E-state index is -0.264. The molecule has 1 aromatic heterocycles. The number of carbonyl (C=O) groups excluding carboxylic acids is 2. The third kappa shape index (κ3) is 4.43. The van der Waals surface area contributed by atoms with Crippen LogP contribution in [0.4, 0.5) is 0 Å². The van der Waals surface area contributed by atoms with E-state index in [9.17, 15) is 9.59 Å². The van der Waals surface area contributed by atoms with Crippen LogP contribution in [0, 0.1) is 11.8 Å². The van der Waals surface area contributed by atoms with Crippen molar-refractivity contribution in [3.05, 3.63) is 34.5 Å². The van der Waals surface area contributed by atoms with Crippen LogP contribution in [-0.4, -0.2) is 18.5 Å². The Bertz CT molecular complexity index is 510. The summed E-state index contributed by atoms with van der Waals surface area (Å²) in [6, 6.07) is 3.61. The van der Waals surface area contributed by atoms with Crippen molar-refractivity contribution in [1.82, 2.24) is 5.32 Å². The van der Waals surface area contributed by atoms with Gasteiger partial charge in [0.05, 0.1) is 12.0 Å². The molecule has 1 aliphatic rings. The van der Waals surface area contributed by atoms with Gasteiger partial charge < -0.3 is 10.1 Å². The fourth-order valence-corrected chi connectivity index (χ4v) is 2.87. The molecule has 0 spiro atoms. The lowest BCUT2D eigenvalue weighted by Gasteiger charge is -2.21. The van der Waals surface area contributed by atoms with Gasteiger partial charge in [0.25, 0.3) is 0 Å². The lowest BCUT2D eigenvalue weighted by molar-refractivity contribution is -0.149. The Morgan fingerprint density at radius 2 is 1.90 bits per heavy atom. The van der Waals surface area contributed by atoms with Crippen LogP contribution in [0.15, 0.2) is 29.7 Å². The van der Waals surface area contributed by atoms with Gasteiger partial charge in [0.1, 0.15) is 6.61 Å². The van der Waals surface area contributed by atoms with Gasteiger partial charge in [-0.25, -0.2) is 0 Å². The molecule has 4 nitrogen and oxygen atoms in total. The van der Waals surface area contributed by atoms with Crippen molar-refractivity contribution in [2.75, 3.05) is 6.61 Å². The van der Waals surface area contributed by atoms with E-state index in [1.165, 1.54) is 0 Å². The number of thiophene rings is 1. The molecule has 1 aromatic rings. The van der Waals surface area contributed by atoms with Crippen molar-refractivity contribution in [3.63, 3.8) is 0 Å². The predicted molar refractivity (Wildman–Crippen MR) is 82.9 cm³/mol. The number of carbonyl (C=O) groups is 2. The summed E-state index contributed by atoms with van der Waals surface area (Å²) in [4.78, 5) is 25.1. The maximum absolute atomic E-state index is 12.2. The smallest absolute Gasteiger partial charge is 0.309 e. The van der Waals surface area contributed by atoms with Gasteiger partial charge in [-0.1, -0.05) is 32.1 Å². The highest BCUT2D eigenvalue weighted by atomic mass is 32.1. The van der Waals surface area contributed by atoms with Crippen LogP contribution in [0.5, 0.6) is 0 Å². The summed E-state index contributed by atoms with van der Waals surface area (Å²) in [5, 5.41) is 4.94. The standard InChI is InChI=1S/C16H21NO3S/c1-11-6-3-4-7-12(2)16(19)20-10-13(17-15(11)18)14-8-5-9-21-14/h3-5,8-9,11-13H,6-7,10H2,1-2H3,(H,17,18)/b4-3+/t11-,12+,13-/m0/s1. The number of hydrogen-bond acceptors (Lipinski definition) is 4. The summed E-state index contributed by atoms with van der Waals surface area (Å²) in [6.07, 6.45) is 5.26. The number of hydrogen-bond donors (Lipinski definition) is 1. The van der Waals surface area contributed by atoms with Crippen molar-refractivity contribution >= 4 is 23.2 Å². The van der Waals surface area contributed by atoms with E-state index in [4.69, 9.17) is 4.74 Å². The first-order valence-corrected chi connectivity index (χ1v) is 8.11. The fourth-order valence-electron chi connectivity index (χ4n) is 2.11. The number of cyclic esters (lactones) is 1. The second-order valence-electron chi connectivity index (χ2n) is 5.45. The summed E-state index contributed by atoms with van der Waals surface area (Å²) < 4.78 is 5.37. The molecule has 2 rings (SSSR count). The average Bonchev–Trinajstić information content (AvgIpc) is 2.99. The first-order chi connectivity index (χ1) is 10.1. The molecule has 1 amide bonds. The highest BCUT2D eigenvalue weighted by molar-refractivity contribution is 7.10. The van der Waals surface area contributed by atoms with Crippen molar-refractivity contribution in [2.24, 2.45) is 11.8 Å². The van der Waals surface area contributed by atoms with E-state index in [-0.39, 0.29) is 36.4 Å². The molecule has 1 N–H and O–H groups in total. The summed E-state index contributed by atoms with van der Waals surface area (Å²) in [7, 11) is 0. The van der Waals surface area contributed by atoms with Crippen LogP contribution in [0.2, 0.25) is 0 Å². The Hall–Kier alpha value is -1.62. The minimum Gasteiger partial charge on any atom is -0.463 e. The van der Waals surface area contributed by atoms with Crippen LogP contribution < -0.4 is 5.32 Å². The maximum Gasteiger partial charge on any atom is 0.309 e. The summed E-state index contributed by atoms with van der Waals surface area (Å²) in [5.74, 6) is -0.475. The van der Waals surface area contributed by atoms with E-state index < -0.39 is 0 Å². The second-order valence-corrected chi connectivity index (χ2v) is 6.43. The topological polar surface area (TPSA) is 55.4 Å². The van der Waals surface area contributed by atoms with Crippen LogP contribution in [0.3, 0.4) is 0 Å². The van der Waals surface area contributed by atoms with Crippen molar-refractivity contribution < 1.29 is 14.3 Å². The quantitative estimate of drug-likeness (QED) is 0.641. The highest BCUT2D eigenvalue weighted by Gasteiger charge is 2.22. The largest absolute Gasteiger partial charge is 0.463 e. The van der Waals surface area contributed by atoms with E-state index in [1.807, 2.05) is 43.5 Å². The lowest BCUT2D eigenvalue weighted by Crippen LogP contribution is -2.35. The molecule has 0 saturated heterocycles. The van der Waals surface area contributed by atoms with Crippen molar-refractivity contribution in [3.8, 4) is 0 Å². The van der Waals surface area contributed by atoms with E-state index in [0.29, 0.717) is 12.8 Å². The first-order valence-electron chi connectivity index (χ1n) is 7.23. The Morgan fingerprint density at radius 3 is 2.57 bits per heavy atom. The van der Waals surface area contributed by atoms with Crippen LogP contribution >= 0.6 is 11.3 Å². The molecular formula is C16H21NO3S. The molecule has 5 heteroatoms. The summed E-state index contributed by atoms with van der Waals surface area (Å²) in [6.45, 7) is 3.96. The maximum atomic E-state index is 12.2. The number of allylic oxidation sites excluding steroid dienone is 2. The van der Waals surface area contributed by atoms with Gasteiger partial charge in [-0.3, -0.25) is 9.59 Å². The zero-order valence-corrected chi connectivity index (χ0v) is 13.2. The van der Waals surface area contributed by atoms with Crippen molar-refractivity contribution in [1.29, 1.82) is 0 Å².